The van der Waals surface area contributed by atoms with Crippen molar-refractivity contribution in [2.24, 2.45) is 11.8 Å². The molecule has 0 aromatic heterocycles. The fourth-order valence-corrected chi connectivity index (χ4v) is 3.93. The second kappa shape index (κ2) is 11.9. The standard InChI is InChI=1S/C24H33F2N3O5/c1-13(2)21(23(32)28-22(14(3)4)24(33)34-5)27-18(30)11-16-9-10-19(31)29(16)12-15-7-6-8-17(25)20(15)26/h6-8,13-14,16,21-22H,9-12H2,1-5H3,(H,27,30)(H,28,32)/t16-,21+,22-/m0/s1. The Bertz CT molecular complexity index is 922. The van der Waals surface area contributed by atoms with E-state index in [9.17, 15) is 28.0 Å². The Morgan fingerprint density at radius 2 is 1.74 bits per heavy atom. The first-order valence-corrected chi connectivity index (χ1v) is 11.4. The molecule has 0 bridgehead atoms. The van der Waals surface area contributed by atoms with Crippen molar-refractivity contribution in [2.75, 3.05) is 7.11 Å². The van der Waals surface area contributed by atoms with E-state index in [1.807, 2.05) is 0 Å². The zero-order chi connectivity index (χ0) is 25.6. The average Bonchev–Trinajstić information content (AvgIpc) is 3.11. The van der Waals surface area contributed by atoms with Gasteiger partial charge < -0.3 is 20.3 Å². The Balaban J connectivity index is 2.07. The van der Waals surface area contributed by atoms with E-state index in [1.54, 1.807) is 27.7 Å². The summed E-state index contributed by atoms with van der Waals surface area (Å²) in [5, 5.41) is 5.33. The van der Waals surface area contributed by atoms with Gasteiger partial charge in [-0.25, -0.2) is 13.6 Å². The van der Waals surface area contributed by atoms with E-state index in [0.29, 0.717) is 6.42 Å². The van der Waals surface area contributed by atoms with Gasteiger partial charge in [-0.3, -0.25) is 14.4 Å². The molecule has 1 heterocycles. The van der Waals surface area contributed by atoms with Crippen LogP contribution in [0.4, 0.5) is 8.78 Å². The number of halogens is 2. The molecule has 0 radical (unpaired) electrons. The lowest BCUT2D eigenvalue weighted by atomic mass is 9.99. The molecule has 3 atom stereocenters. The number of nitrogens with one attached hydrogen (secondary N) is 2. The van der Waals surface area contributed by atoms with Crippen molar-refractivity contribution in [1.82, 2.24) is 15.5 Å². The summed E-state index contributed by atoms with van der Waals surface area (Å²) in [5.74, 6) is -4.34. The van der Waals surface area contributed by atoms with Crippen molar-refractivity contribution in [3.63, 3.8) is 0 Å². The summed E-state index contributed by atoms with van der Waals surface area (Å²) in [6.07, 6.45) is 0.488. The Labute approximate surface area is 198 Å². The Morgan fingerprint density at radius 3 is 2.32 bits per heavy atom. The van der Waals surface area contributed by atoms with E-state index in [2.05, 4.69) is 10.6 Å². The van der Waals surface area contributed by atoms with Gasteiger partial charge in [0.05, 0.1) is 7.11 Å². The van der Waals surface area contributed by atoms with Crippen molar-refractivity contribution in [2.45, 2.75) is 71.6 Å². The summed E-state index contributed by atoms with van der Waals surface area (Å²) in [4.78, 5) is 51.3. The van der Waals surface area contributed by atoms with Gasteiger partial charge in [0.2, 0.25) is 17.7 Å². The number of ether oxygens (including phenoxy) is 1. The molecule has 0 saturated carbocycles. The Kier molecular flexibility index (Phi) is 9.52. The predicted molar refractivity (Wildman–Crippen MR) is 120 cm³/mol. The van der Waals surface area contributed by atoms with Crippen LogP contribution >= 0.6 is 0 Å². The minimum atomic E-state index is -1.02. The minimum absolute atomic E-state index is 0.0302. The molecule has 10 heteroatoms. The average molecular weight is 482 g/mol. The van der Waals surface area contributed by atoms with E-state index in [-0.39, 0.29) is 42.7 Å². The number of carbonyl (C=O) groups is 4. The summed E-state index contributed by atoms with van der Waals surface area (Å²) in [6, 6.07) is 1.47. The van der Waals surface area contributed by atoms with Crippen LogP contribution < -0.4 is 10.6 Å². The highest BCUT2D eigenvalue weighted by atomic mass is 19.2. The van der Waals surface area contributed by atoms with Gasteiger partial charge in [-0.05, 0) is 24.3 Å². The fourth-order valence-electron chi connectivity index (χ4n) is 3.93. The molecule has 1 saturated heterocycles. The van der Waals surface area contributed by atoms with Gasteiger partial charge in [0.1, 0.15) is 12.1 Å². The number of methoxy groups -OCH3 is 1. The van der Waals surface area contributed by atoms with Crippen LogP contribution in [0.25, 0.3) is 0 Å². The van der Waals surface area contributed by atoms with Crippen LogP contribution in [0, 0.1) is 23.5 Å². The van der Waals surface area contributed by atoms with Crippen LogP contribution in [0.1, 0.15) is 52.5 Å². The predicted octanol–water partition coefficient (Wildman–Crippen LogP) is 2.30. The summed E-state index contributed by atoms with van der Waals surface area (Å²) in [5.41, 5.74) is 0.0302. The first-order valence-electron chi connectivity index (χ1n) is 11.4. The lowest BCUT2D eigenvalue weighted by molar-refractivity contribution is -0.146. The molecule has 1 aromatic rings. The molecular formula is C24H33F2N3O5. The van der Waals surface area contributed by atoms with Gasteiger partial charge in [0, 0.05) is 31.0 Å². The minimum Gasteiger partial charge on any atom is -0.467 e. The summed E-state index contributed by atoms with van der Waals surface area (Å²) < 4.78 is 32.4. The Morgan fingerprint density at radius 1 is 1.09 bits per heavy atom. The van der Waals surface area contributed by atoms with Gasteiger partial charge in [0.15, 0.2) is 11.6 Å². The highest BCUT2D eigenvalue weighted by molar-refractivity contribution is 5.91. The van der Waals surface area contributed by atoms with Crippen molar-refractivity contribution in [1.29, 1.82) is 0 Å². The number of rotatable bonds is 10. The first-order chi connectivity index (χ1) is 16.0. The van der Waals surface area contributed by atoms with Crippen molar-refractivity contribution in [3.8, 4) is 0 Å². The van der Waals surface area contributed by atoms with E-state index in [0.717, 1.165) is 6.07 Å². The number of nitrogens with zero attached hydrogens (tertiary/aromatic N) is 1. The SMILES string of the molecule is COC(=O)[C@@H](NC(=O)[C@H](NC(=O)C[C@@H]1CCC(=O)N1Cc1cccc(F)c1F)C(C)C)C(C)C. The molecule has 1 aromatic carbocycles. The molecular weight excluding hydrogens is 448 g/mol. The lowest BCUT2D eigenvalue weighted by Gasteiger charge is -2.28. The number of hydrogen-bond acceptors (Lipinski definition) is 5. The van der Waals surface area contributed by atoms with Gasteiger partial charge in [-0.2, -0.15) is 0 Å². The third-order valence-corrected chi connectivity index (χ3v) is 5.93. The zero-order valence-corrected chi connectivity index (χ0v) is 20.2. The molecule has 1 aliphatic heterocycles. The maximum absolute atomic E-state index is 14.1. The molecule has 2 N–H and O–H groups in total. The van der Waals surface area contributed by atoms with E-state index < -0.39 is 47.5 Å². The van der Waals surface area contributed by atoms with Crippen LogP contribution in [-0.4, -0.2) is 53.8 Å². The van der Waals surface area contributed by atoms with E-state index >= 15 is 0 Å². The van der Waals surface area contributed by atoms with Gasteiger partial charge in [-0.15, -0.1) is 0 Å². The zero-order valence-electron chi connectivity index (χ0n) is 20.2. The molecule has 34 heavy (non-hydrogen) atoms. The van der Waals surface area contributed by atoms with Crippen LogP contribution in [0.3, 0.4) is 0 Å². The molecule has 188 valence electrons. The number of amides is 3. The van der Waals surface area contributed by atoms with Crippen molar-refractivity contribution < 1.29 is 32.7 Å². The number of hydrogen-bond donors (Lipinski definition) is 2. The molecule has 0 spiro atoms. The third kappa shape index (κ3) is 6.74. The largest absolute Gasteiger partial charge is 0.467 e. The molecule has 2 rings (SSSR count). The topological polar surface area (TPSA) is 105 Å². The Hall–Kier alpha value is -3.04. The third-order valence-electron chi connectivity index (χ3n) is 5.93. The maximum Gasteiger partial charge on any atom is 0.328 e. The quantitative estimate of drug-likeness (QED) is 0.499. The monoisotopic (exact) mass is 481 g/mol. The molecule has 1 aliphatic rings. The second-order valence-electron chi connectivity index (χ2n) is 9.17. The normalized spacial score (nSPS) is 17.6. The van der Waals surface area contributed by atoms with E-state index in [1.165, 1.54) is 24.1 Å². The molecule has 0 aliphatic carbocycles. The van der Waals surface area contributed by atoms with Crippen LogP contribution in [0.2, 0.25) is 0 Å². The van der Waals surface area contributed by atoms with Crippen LogP contribution in [-0.2, 0) is 30.5 Å². The summed E-state index contributed by atoms with van der Waals surface area (Å²) >= 11 is 0. The van der Waals surface area contributed by atoms with E-state index in [4.69, 9.17) is 4.74 Å². The number of esters is 1. The second-order valence-corrected chi connectivity index (χ2v) is 9.17. The molecule has 3 amide bonds. The highest BCUT2D eigenvalue weighted by Gasteiger charge is 2.35. The van der Waals surface area contributed by atoms with Gasteiger partial charge >= 0.3 is 5.97 Å². The van der Waals surface area contributed by atoms with Crippen LogP contribution in [0.15, 0.2) is 18.2 Å². The highest BCUT2D eigenvalue weighted by Crippen LogP contribution is 2.25. The van der Waals surface area contributed by atoms with Crippen molar-refractivity contribution in [3.05, 3.63) is 35.4 Å². The molecule has 1 fully saturated rings. The smallest absolute Gasteiger partial charge is 0.328 e. The van der Waals surface area contributed by atoms with Gasteiger partial charge in [0.25, 0.3) is 0 Å². The summed E-state index contributed by atoms with van der Waals surface area (Å²) in [6.45, 7) is 6.88. The van der Waals surface area contributed by atoms with Crippen LogP contribution in [0.5, 0.6) is 0 Å². The lowest BCUT2D eigenvalue weighted by Crippen LogP contribution is -2.55. The number of likely N-dealkylation sites (tertiary alicyclic amines) is 1. The molecule has 8 nitrogen and oxygen atoms in total. The summed E-state index contributed by atoms with van der Waals surface area (Å²) in [7, 11) is 1.23. The van der Waals surface area contributed by atoms with Gasteiger partial charge in [-0.1, -0.05) is 39.8 Å². The number of benzene rings is 1. The fraction of sp³-hybridized carbons (Fsp3) is 0.583. The number of carbonyl (C=O) groups excluding carboxylic acids is 4. The first kappa shape index (κ1) is 27.2. The maximum atomic E-state index is 14.1. The molecule has 0 unspecified atom stereocenters. The van der Waals surface area contributed by atoms with Crippen molar-refractivity contribution >= 4 is 23.7 Å².